The quantitative estimate of drug-likeness (QED) is 0.398. The van der Waals surface area contributed by atoms with E-state index in [0.29, 0.717) is 18.1 Å². The fourth-order valence-corrected chi connectivity index (χ4v) is 2.69. The molecule has 4 nitrogen and oxygen atoms in total. The summed E-state index contributed by atoms with van der Waals surface area (Å²) in [6, 6.07) is 6.78. The lowest BCUT2D eigenvalue weighted by Crippen LogP contribution is -2.22. The number of rotatable bonds is 5. The largest absolute Gasteiger partial charge is 0.399 e. The molecule has 0 radical (unpaired) electrons. The molecule has 2 rings (SSSR count). The van der Waals surface area contributed by atoms with Crippen LogP contribution in [-0.2, 0) is 11.5 Å². The molecule has 2 aromatic rings. The smallest absolute Gasteiger partial charge is 0.143 e. The molecule has 0 aliphatic rings. The minimum atomic E-state index is -1.06. The SMILES string of the molecule is C#Cc1nn(COCC[Si](C)(C)C)c2ccc(N)cc12. The highest BCUT2D eigenvalue weighted by molar-refractivity contribution is 6.76. The number of terminal acetylenes is 1. The van der Waals surface area contributed by atoms with Gasteiger partial charge < -0.3 is 10.5 Å². The summed E-state index contributed by atoms with van der Waals surface area (Å²) in [4.78, 5) is 0. The molecule has 0 saturated carbocycles. The minimum absolute atomic E-state index is 0.423. The minimum Gasteiger partial charge on any atom is -0.399 e. The third kappa shape index (κ3) is 3.41. The number of nitrogens with zero attached hydrogens (tertiary/aromatic N) is 2. The summed E-state index contributed by atoms with van der Waals surface area (Å²) in [6.07, 6.45) is 5.49. The summed E-state index contributed by atoms with van der Waals surface area (Å²) in [7, 11) is -1.06. The third-order valence-corrected chi connectivity index (χ3v) is 4.83. The first-order valence-electron chi connectivity index (χ1n) is 6.71. The van der Waals surface area contributed by atoms with Crippen molar-refractivity contribution in [2.75, 3.05) is 12.3 Å². The molecule has 0 fully saturated rings. The fraction of sp³-hybridized carbons (Fsp3) is 0.400. The number of ether oxygens (including phenoxy) is 1. The Bertz CT molecular complexity index is 649. The van der Waals surface area contributed by atoms with Crippen LogP contribution in [0.4, 0.5) is 5.69 Å². The number of fused-ring (bicyclic) bond motifs is 1. The summed E-state index contributed by atoms with van der Waals surface area (Å²) >= 11 is 0. The van der Waals surface area contributed by atoms with Gasteiger partial charge in [-0.15, -0.1) is 6.42 Å². The molecule has 0 amide bonds. The van der Waals surface area contributed by atoms with Gasteiger partial charge in [-0.1, -0.05) is 19.6 Å². The van der Waals surface area contributed by atoms with Crippen LogP contribution in [0.25, 0.3) is 10.9 Å². The molecule has 1 aromatic carbocycles. The van der Waals surface area contributed by atoms with E-state index in [9.17, 15) is 0 Å². The van der Waals surface area contributed by atoms with Gasteiger partial charge in [-0.25, -0.2) is 4.68 Å². The molecule has 0 saturated heterocycles. The molecule has 0 bridgehead atoms. The number of hydrogen-bond donors (Lipinski definition) is 1. The van der Waals surface area contributed by atoms with Crippen LogP contribution >= 0.6 is 0 Å². The molecular formula is C15H21N3OSi. The Kier molecular flexibility index (Phi) is 4.17. The van der Waals surface area contributed by atoms with E-state index >= 15 is 0 Å². The molecule has 0 aliphatic heterocycles. The molecule has 5 heteroatoms. The van der Waals surface area contributed by atoms with E-state index in [1.54, 1.807) is 4.68 Å². The average Bonchev–Trinajstić information content (AvgIpc) is 2.71. The predicted octanol–water partition coefficient (Wildman–Crippen LogP) is 2.91. The number of nitrogens with two attached hydrogens (primary N) is 1. The molecule has 0 atom stereocenters. The van der Waals surface area contributed by atoms with Crippen LogP contribution in [0.2, 0.25) is 25.7 Å². The summed E-state index contributed by atoms with van der Waals surface area (Å²) in [6.45, 7) is 8.18. The Labute approximate surface area is 120 Å². The monoisotopic (exact) mass is 287 g/mol. The summed E-state index contributed by atoms with van der Waals surface area (Å²) in [5.41, 5.74) is 8.05. The van der Waals surface area contributed by atoms with E-state index in [1.807, 2.05) is 18.2 Å². The van der Waals surface area contributed by atoms with E-state index in [1.165, 1.54) is 0 Å². The zero-order valence-electron chi connectivity index (χ0n) is 12.3. The van der Waals surface area contributed by atoms with Crippen LogP contribution in [0.1, 0.15) is 5.69 Å². The van der Waals surface area contributed by atoms with Crippen LogP contribution in [0, 0.1) is 12.3 Å². The number of benzene rings is 1. The van der Waals surface area contributed by atoms with Crippen molar-refractivity contribution < 1.29 is 4.74 Å². The van der Waals surface area contributed by atoms with Gasteiger partial charge in [0, 0.05) is 25.8 Å². The van der Waals surface area contributed by atoms with Gasteiger partial charge in [-0.3, -0.25) is 0 Å². The molecule has 1 heterocycles. The van der Waals surface area contributed by atoms with E-state index < -0.39 is 8.07 Å². The van der Waals surface area contributed by atoms with Crippen molar-refractivity contribution in [2.24, 2.45) is 0 Å². The molecule has 1 aromatic heterocycles. The zero-order valence-corrected chi connectivity index (χ0v) is 13.3. The van der Waals surface area contributed by atoms with Crippen molar-refractivity contribution >= 4 is 24.7 Å². The molecule has 0 unspecified atom stereocenters. The summed E-state index contributed by atoms with van der Waals surface area (Å²) in [5.74, 6) is 2.60. The molecule has 106 valence electrons. The van der Waals surface area contributed by atoms with Crippen LogP contribution < -0.4 is 5.73 Å². The number of aromatic nitrogens is 2. The first-order chi connectivity index (χ1) is 9.40. The number of anilines is 1. The van der Waals surface area contributed by atoms with Crippen molar-refractivity contribution in [2.45, 2.75) is 32.4 Å². The molecular weight excluding hydrogens is 266 g/mol. The van der Waals surface area contributed by atoms with Crippen molar-refractivity contribution in [1.82, 2.24) is 9.78 Å². The van der Waals surface area contributed by atoms with Crippen LogP contribution in [0.3, 0.4) is 0 Å². The Morgan fingerprint density at radius 2 is 2.15 bits per heavy atom. The summed E-state index contributed by atoms with van der Waals surface area (Å²) < 4.78 is 7.53. The lowest BCUT2D eigenvalue weighted by atomic mass is 10.2. The highest BCUT2D eigenvalue weighted by Gasteiger charge is 2.13. The second kappa shape index (κ2) is 5.69. The topological polar surface area (TPSA) is 53.1 Å². The van der Waals surface area contributed by atoms with Crippen molar-refractivity contribution in [1.29, 1.82) is 0 Å². The van der Waals surface area contributed by atoms with Crippen LogP contribution in [0.15, 0.2) is 18.2 Å². The zero-order chi connectivity index (χ0) is 14.8. The first kappa shape index (κ1) is 14.6. The van der Waals surface area contributed by atoms with Crippen molar-refractivity contribution in [3.8, 4) is 12.3 Å². The normalized spacial score (nSPS) is 11.7. The van der Waals surface area contributed by atoms with E-state index in [4.69, 9.17) is 16.9 Å². The van der Waals surface area contributed by atoms with Gasteiger partial charge >= 0.3 is 0 Å². The summed E-state index contributed by atoms with van der Waals surface area (Å²) in [5, 5.41) is 5.30. The molecule has 20 heavy (non-hydrogen) atoms. The lowest BCUT2D eigenvalue weighted by molar-refractivity contribution is 0.0816. The van der Waals surface area contributed by atoms with Gasteiger partial charge in [-0.2, -0.15) is 5.10 Å². The van der Waals surface area contributed by atoms with Crippen LogP contribution in [0.5, 0.6) is 0 Å². The second-order valence-electron chi connectivity index (χ2n) is 6.12. The van der Waals surface area contributed by atoms with Gasteiger partial charge in [0.25, 0.3) is 0 Å². The lowest BCUT2D eigenvalue weighted by Gasteiger charge is -2.15. The van der Waals surface area contributed by atoms with E-state index in [0.717, 1.165) is 23.6 Å². The van der Waals surface area contributed by atoms with Gasteiger partial charge in [0.1, 0.15) is 12.4 Å². The highest BCUT2D eigenvalue weighted by Crippen LogP contribution is 2.21. The standard InChI is InChI=1S/C15H21N3OSi/c1-5-14-13-10-12(16)6-7-15(13)18(17-14)11-19-8-9-20(2,3)4/h1,6-7,10H,8-9,11,16H2,2-4H3. The fourth-order valence-electron chi connectivity index (χ4n) is 1.93. The van der Waals surface area contributed by atoms with E-state index in [-0.39, 0.29) is 0 Å². The Morgan fingerprint density at radius 1 is 1.40 bits per heavy atom. The Morgan fingerprint density at radius 3 is 2.80 bits per heavy atom. The van der Waals surface area contributed by atoms with Gasteiger partial charge in [-0.05, 0) is 30.2 Å². The van der Waals surface area contributed by atoms with E-state index in [2.05, 4.69) is 30.7 Å². The number of hydrogen-bond acceptors (Lipinski definition) is 3. The average molecular weight is 287 g/mol. The molecule has 2 N–H and O–H groups in total. The maximum atomic E-state index is 5.79. The first-order valence-corrected chi connectivity index (χ1v) is 10.4. The maximum Gasteiger partial charge on any atom is 0.143 e. The third-order valence-electron chi connectivity index (χ3n) is 3.12. The van der Waals surface area contributed by atoms with Crippen molar-refractivity contribution in [3.05, 3.63) is 23.9 Å². The maximum absolute atomic E-state index is 5.79. The molecule has 0 aliphatic carbocycles. The van der Waals surface area contributed by atoms with Crippen molar-refractivity contribution in [3.63, 3.8) is 0 Å². The number of nitrogen functional groups attached to an aromatic ring is 1. The second-order valence-corrected chi connectivity index (χ2v) is 11.7. The predicted molar refractivity (Wildman–Crippen MR) is 86.2 cm³/mol. The van der Waals surface area contributed by atoms with Crippen LogP contribution in [-0.4, -0.2) is 24.5 Å². The highest BCUT2D eigenvalue weighted by atomic mass is 28.3. The van der Waals surface area contributed by atoms with Gasteiger partial charge in [0.15, 0.2) is 0 Å². The van der Waals surface area contributed by atoms with Gasteiger partial charge in [0.05, 0.1) is 5.52 Å². The Balaban J connectivity index is 2.13. The Hall–Kier alpha value is -1.77. The van der Waals surface area contributed by atoms with Gasteiger partial charge in [0.2, 0.25) is 0 Å². The molecule has 0 spiro atoms.